The molecule has 0 radical (unpaired) electrons. The molecular weight excluding hydrogens is 322 g/mol. The third-order valence-corrected chi connectivity index (χ3v) is 3.74. The van der Waals surface area contributed by atoms with Crippen LogP contribution in [-0.4, -0.2) is 36.1 Å². The fourth-order valence-electron chi connectivity index (χ4n) is 2.36. The van der Waals surface area contributed by atoms with E-state index >= 15 is 0 Å². The third-order valence-electron chi connectivity index (χ3n) is 3.51. The smallest absolute Gasteiger partial charge is 0.155 e. The maximum atomic E-state index is 6.10. The zero-order valence-electron chi connectivity index (χ0n) is 13.8. The average Bonchev–Trinajstić information content (AvgIpc) is 2.59. The molecule has 0 saturated heterocycles. The van der Waals surface area contributed by atoms with Gasteiger partial charge in [-0.3, -0.25) is 0 Å². The van der Waals surface area contributed by atoms with E-state index in [2.05, 4.69) is 20.3 Å². The predicted octanol–water partition coefficient (Wildman–Crippen LogP) is 3.96. The summed E-state index contributed by atoms with van der Waals surface area (Å²) in [4.78, 5) is 15.6. The second-order valence-corrected chi connectivity index (χ2v) is 5.93. The lowest BCUT2D eigenvalue weighted by atomic mass is 10.2. The maximum Gasteiger partial charge on any atom is 0.155 e. The van der Waals surface area contributed by atoms with Gasteiger partial charge in [0.05, 0.1) is 11.2 Å². The highest BCUT2D eigenvalue weighted by Crippen LogP contribution is 2.26. The standard InChI is InChI=1S/C18H18ClN5/c1-20-16-6-4-5-13(21-16)8-10-17-22-15-9-7-12(19)11-14(15)18(23-17)24(2)3/h4-11H,1-3H3,(H,20,21). The van der Waals surface area contributed by atoms with Gasteiger partial charge in [0.2, 0.25) is 0 Å². The number of pyridine rings is 1. The zero-order valence-corrected chi connectivity index (χ0v) is 14.5. The first-order valence-corrected chi connectivity index (χ1v) is 7.92. The number of hydrogen-bond donors (Lipinski definition) is 1. The number of anilines is 2. The van der Waals surface area contributed by atoms with Crippen molar-refractivity contribution in [1.29, 1.82) is 0 Å². The van der Waals surface area contributed by atoms with Crippen molar-refractivity contribution in [3.8, 4) is 0 Å². The molecule has 3 aromatic rings. The molecule has 0 fully saturated rings. The van der Waals surface area contributed by atoms with Crippen LogP contribution in [0, 0.1) is 0 Å². The molecule has 2 aromatic heterocycles. The molecule has 0 aliphatic heterocycles. The summed E-state index contributed by atoms with van der Waals surface area (Å²) >= 11 is 6.10. The lowest BCUT2D eigenvalue weighted by Crippen LogP contribution is -2.12. The number of hydrogen-bond acceptors (Lipinski definition) is 5. The van der Waals surface area contributed by atoms with Crippen LogP contribution in [0.25, 0.3) is 23.1 Å². The Labute approximate surface area is 146 Å². The molecule has 0 aliphatic rings. The van der Waals surface area contributed by atoms with E-state index in [1.807, 2.05) is 74.6 Å². The summed E-state index contributed by atoms with van der Waals surface area (Å²) in [6, 6.07) is 11.4. The van der Waals surface area contributed by atoms with E-state index in [0.29, 0.717) is 10.8 Å². The Morgan fingerprint density at radius 1 is 1.04 bits per heavy atom. The fraction of sp³-hybridized carbons (Fsp3) is 0.167. The van der Waals surface area contributed by atoms with Crippen molar-refractivity contribution in [1.82, 2.24) is 15.0 Å². The van der Waals surface area contributed by atoms with Crippen LogP contribution in [0.1, 0.15) is 11.5 Å². The Balaban J connectivity index is 2.03. The molecule has 0 aliphatic carbocycles. The second kappa shape index (κ2) is 6.84. The van der Waals surface area contributed by atoms with Gasteiger partial charge in [-0.1, -0.05) is 17.7 Å². The lowest BCUT2D eigenvalue weighted by molar-refractivity contribution is 1.05. The summed E-state index contributed by atoms with van der Waals surface area (Å²) in [5, 5.41) is 4.63. The van der Waals surface area contributed by atoms with Crippen LogP contribution in [0.5, 0.6) is 0 Å². The molecule has 1 N–H and O–H groups in total. The van der Waals surface area contributed by atoms with E-state index in [4.69, 9.17) is 11.6 Å². The Morgan fingerprint density at radius 3 is 2.62 bits per heavy atom. The number of halogens is 1. The Hall–Kier alpha value is -2.66. The topological polar surface area (TPSA) is 53.9 Å². The lowest BCUT2D eigenvalue weighted by Gasteiger charge is -2.14. The predicted molar refractivity (Wildman–Crippen MR) is 102 cm³/mol. The largest absolute Gasteiger partial charge is 0.373 e. The van der Waals surface area contributed by atoms with Crippen LogP contribution in [0.4, 0.5) is 11.6 Å². The molecule has 0 atom stereocenters. The molecule has 0 unspecified atom stereocenters. The highest BCUT2D eigenvalue weighted by molar-refractivity contribution is 6.31. The molecule has 0 bridgehead atoms. The Morgan fingerprint density at radius 2 is 1.88 bits per heavy atom. The van der Waals surface area contributed by atoms with Gasteiger partial charge in [-0.15, -0.1) is 0 Å². The number of nitrogens with one attached hydrogen (secondary N) is 1. The number of aromatic nitrogens is 3. The van der Waals surface area contributed by atoms with E-state index in [1.54, 1.807) is 0 Å². The van der Waals surface area contributed by atoms with Crippen molar-refractivity contribution >= 4 is 46.3 Å². The van der Waals surface area contributed by atoms with Crippen LogP contribution in [0.15, 0.2) is 36.4 Å². The van der Waals surface area contributed by atoms with E-state index in [1.165, 1.54) is 0 Å². The molecule has 1 aromatic carbocycles. The Bertz CT molecular complexity index is 905. The quantitative estimate of drug-likeness (QED) is 0.779. The van der Waals surface area contributed by atoms with Crippen LogP contribution in [0.3, 0.4) is 0 Å². The summed E-state index contributed by atoms with van der Waals surface area (Å²) in [5.41, 5.74) is 1.70. The van der Waals surface area contributed by atoms with Crippen molar-refractivity contribution in [3.63, 3.8) is 0 Å². The van der Waals surface area contributed by atoms with Crippen molar-refractivity contribution in [2.24, 2.45) is 0 Å². The summed E-state index contributed by atoms with van der Waals surface area (Å²) in [7, 11) is 5.75. The molecule has 122 valence electrons. The van der Waals surface area contributed by atoms with E-state index in [9.17, 15) is 0 Å². The summed E-state index contributed by atoms with van der Waals surface area (Å²) in [6.45, 7) is 0. The molecule has 3 rings (SSSR count). The molecule has 0 saturated carbocycles. The van der Waals surface area contributed by atoms with Gasteiger partial charge in [0.25, 0.3) is 0 Å². The summed E-state index contributed by atoms with van der Waals surface area (Å²) in [6.07, 6.45) is 3.76. The van der Waals surface area contributed by atoms with Crippen molar-refractivity contribution in [2.45, 2.75) is 0 Å². The SMILES string of the molecule is CNc1cccc(C=Cc2nc(N(C)C)c3cc(Cl)ccc3n2)n1. The average molecular weight is 340 g/mol. The van der Waals surface area contributed by atoms with Gasteiger partial charge in [0, 0.05) is 31.6 Å². The first-order chi connectivity index (χ1) is 11.6. The van der Waals surface area contributed by atoms with Gasteiger partial charge >= 0.3 is 0 Å². The maximum absolute atomic E-state index is 6.10. The number of rotatable bonds is 4. The summed E-state index contributed by atoms with van der Waals surface area (Å²) in [5.74, 6) is 2.28. The van der Waals surface area contributed by atoms with Gasteiger partial charge in [-0.05, 0) is 42.5 Å². The Kier molecular flexibility index (Phi) is 4.62. The molecule has 5 nitrogen and oxygen atoms in total. The van der Waals surface area contributed by atoms with Gasteiger partial charge in [0.1, 0.15) is 11.6 Å². The fourth-order valence-corrected chi connectivity index (χ4v) is 2.53. The number of fused-ring (bicyclic) bond motifs is 1. The van der Waals surface area contributed by atoms with Crippen molar-refractivity contribution in [2.75, 3.05) is 31.4 Å². The molecule has 24 heavy (non-hydrogen) atoms. The normalized spacial score (nSPS) is 11.2. The minimum absolute atomic E-state index is 0.630. The van der Waals surface area contributed by atoms with Gasteiger partial charge < -0.3 is 10.2 Å². The van der Waals surface area contributed by atoms with Crippen molar-refractivity contribution < 1.29 is 0 Å². The van der Waals surface area contributed by atoms with Crippen LogP contribution in [0.2, 0.25) is 5.02 Å². The zero-order chi connectivity index (χ0) is 17.1. The van der Waals surface area contributed by atoms with Gasteiger partial charge in [0.15, 0.2) is 5.82 Å². The number of benzene rings is 1. The monoisotopic (exact) mass is 339 g/mol. The van der Waals surface area contributed by atoms with Crippen LogP contribution in [-0.2, 0) is 0 Å². The molecular formula is C18H18ClN5. The van der Waals surface area contributed by atoms with Crippen LogP contribution >= 0.6 is 11.6 Å². The highest BCUT2D eigenvalue weighted by atomic mass is 35.5. The molecule has 2 heterocycles. The van der Waals surface area contributed by atoms with Crippen molar-refractivity contribution in [3.05, 3.63) is 52.9 Å². The first-order valence-electron chi connectivity index (χ1n) is 7.54. The molecule has 0 amide bonds. The molecule has 6 heteroatoms. The minimum Gasteiger partial charge on any atom is -0.373 e. The summed E-state index contributed by atoms with van der Waals surface area (Å²) < 4.78 is 0. The van der Waals surface area contributed by atoms with Gasteiger partial charge in [-0.2, -0.15) is 0 Å². The van der Waals surface area contributed by atoms with Gasteiger partial charge in [-0.25, -0.2) is 15.0 Å². The van der Waals surface area contributed by atoms with Crippen LogP contribution < -0.4 is 10.2 Å². The van der Waals surface area contributed by atoms with E-state index in [0.717, 1.165) is 28.2 Å². The minimum atomic E-state index is 0.630. The van der Waals surface area contributed by atoms with E-state index in [-0.39, 0.29) is 0 Å². The first kappa shape index (κ1) is 16.2. The number of nitrogens with zero attached hydrogens (tertiary/aromatic N) is 4. The van der Waals surface area contributed by atoms with E-state index < -0.39 is 0 Å². The molecule has 0 spiro atoms. The highest BCUT2D eigenvalue weighted by Gasteiger charge is 2.09. The third kappa shape index (κ3) is 3.46. The second-order valence-electron chi connectivity index (χ2n) is 5.49.